The lowest BCUT2D eigenvalue weighted by Crippen LogP contribution is -2.48. The summed E-state index contributed by atoms with van der Waals surface area (Å²) in [5.41, 5.74) is -0.537. The largest absolute Gasteiger partial charge is 0.453 e. The molecule has 0 radical (unpaired) electrons. The standard InChI is InChI=1S/C11H16F3N5O/c1-10(3-2-4-15-6-10)9(20)16-5-7-17-8(19-18-7)11(12,13)14/h15H,2-6H2,1H3,(H,16,20)(H,17,18,19)/t10-/m0/s1. The number of nitrogens with zero attached hydrogens (tertiary/aromatic N) is 2. The van der Waals surface area contributed by atoms with Gasteiger partial charge in [0.1, 0.15) is 5.82 Å². The van der Waals surface area contributed by atoms with E-state index >= 15 is 0 Å². The molecule has 1 saturated heterocycles. The molecule has 6 nitrogen and oxygen atoms in total. The number of carbonyl (C=O) groups is 1. The highest BCUT2D eigenvalue weighted by Crippen LogP contribution is 2.26. The molecule has 2 heterocycles. The molecule has 3 N–H and O–H groups in total. The van der Waals surface area contributed by atoms with E-state index in [1.807, 2.05) is 6.92 Å². The molecule has 1 aliphatic heterocycles. The van der Waals surface area contributed by atoms with Crippen molar-refractivity contribution >= 4 is 5.91 Å². The van der Waals surface area contributed by atoms with E-state index in [1.165, 1.54) is 0 Å². The molecule has 1 atom stereocenters. The minimum absolute atomic E-state index is 0.0157. The van der Waals surface area contributed by atoms with Gasteiger partial charge in [-0.05, 0) is 26.3 Å². The maximum atomic E-state index is 12.3. The Kier molecular flexibility index (Phi) is 3.98. The van der Waals surface area contributed by atoms with Crippen molar-refractivity contribution in [3.63, 3.8) is 0 Å². The lowest BCUT2D eigenvalue weighted by atomic mass is 9.82. The maximum absolute atomic E-state index is 12.3. The van der Waals surface area contributed by atoms with Gasteiger partial charge >= 0.3 is 6.18 Å². The van der Waals surface area contributed by atoms with Crippen LogP contribution >= 0.6 is 0 Å². The molecular formula is C11H16F3N5O. The third-order valence-corrected chi connectivity index (χ3v) is 3.35. The summed E-state index contributed by atoms with van der Waals surface area (Å²) in [6.45, 7) is 3.16. The molecule has 1 aliphatic rings. The number of piperidine rings is 1. The van der Waals surface area contributed by atoms with Crippen molar-refractivity contribution in [2.75, 3.05) is 13.1 Å². The molecule has 0 spiro atoms. The van der Waals surface area contributed by atoms with Crippen molar-refractivity contribution in [3.05, 3.63) is 11.6 Å². The van der Waals surface area contributed by atoms with E-state index in [-0.39, 0.29) is 18.3 Å². The Labute approximate surface area is 113 Å². The van der Waals surface area contributed by atoms with Crippen LogP contribution in [0.5, 0.6) is 0 Å². The van der Waals surface area contributed by atoms with Crippen molar-refractivity contribution in [1.29, 1.82) is 0 Å². The highest BCUT2D eigenvalue weighted by atomic mass is 19.4. The Morgan fingerprint density at radius 3 is 2.80 bits per heavy atom. The van der Waals surface area contributed by atoms with E-state index in [2.05, 4.69) is 25.8 Å². The number of halogens is 3. The predicted octanol–water partition coefficient (Wildman–Crippen LogP) is 0.829. The summed E-state index contributed by atoms with van der Waals surface area (Å²) in [5, 5.41) is 11.0. The number of aromatic nitrogens is 3. The van der Waals surface area contributed by atoms with Crippen LogP contribution in [-0.4, -0.2) is 34.2 Å². The molecular weight excluding hydrogens is 275 g/mol. The average Bonchev–Trinajstić information content (AvgIpc) is 2.85. The van der Waals surface area contributed by atoms with Gasteiger partial charge in [-0.2, -0.15) is 13.2 Å². The van der Waals surface area contributed by atoms with Crippen LogP contribution < -0.4 is 10.6 Å². The third-order valence-electron chi connectivity index (χ3n) is 3.35. The Hall–Kier alpha value is -1.64. The molecule has 0 unspecified atom stereocenters. The zero-order valence-corrected chi connectivity index (χ0v) is 11.0. The van der Waals surface area contributed by atoms with Crippen LogP contribution in [0.4, 0.5) is 13.2 Å². The second-order valence-corrected chi connectivity index (χ2v) is 5.13. The SMILES string of the molecule is C[C@]1(C(=O)NCc2nc(C(F)(F)F)n[nH]2)CCCNC1. The van der Waals surface area contributed by atoms with Gasteiger partial charge in [0.05, 0.1) is 12.0 Å². The Morgan fingerprint density at radius 2 is 2.25 bits per heavy atom. The van der Waals surface area contributed by atoms with Gasteiger partial charge in [0.25, 0.3) is 5.82 Å². The fourth-order valence-electron chi connectivity index (χ4n) is 2.13. The van der Waals surface area contributed by atoms with Crippen molar-refractivity contribution in [2.45, 2.75) is 32.5 Å². The van der Waals surface area contributed by atoms with E-state index in [1.54, 1.807) is 0 Å². The van der Waals surface area contributed by atoms with Crippen molar-refractivity contribution in [3.8, 4) is 0 Å². The fraction of sp³-hybridized carbons (Fsp3) is 0.727. The number of hydrogen-bond donors (Lipinski definition) is 3. The van der Waals surface area contributed by atoms with Gasteiger partial charge in [0.15, 0.2) is 0 Å². The number of H-pyrrole nitrogens is 1. The number of nitrogens with one attached hydrogen (secondary N) is 3. The van der Waals surface area contributed by atoms with Gasteiger partial charge in [-0.1, -0.05) is 0 Å². The van der Waals surface area contributed by atoms with Gasteiger partial charge < -0.3 is 10.6 Å². The molecule has 1 aromatic heterocycles. The second kappa shape index (κ2) is 5.39. The summed E-state index contributed by atoms with van der Waals surface area (Å²) in [6, 6.07) is 0. The lowest BCUT2D eigenvalue weighted by molar-refractivity contribution is -0.144. The second-order valence-electron chi connectivity index (χ2n) is 5.13. The fourth-order valence-corrected chi connectivity index (χ4v) is 2.13. The van der Waals surface area contributed by atoms with Crippen LogP contribution in [0.1, 0.15) is 31.4 Å². The Morgan fingerprint density at radius 1 is 1.50 bits per heavy atom. The normalized spacial score (nSPS) is 23.6. The molecule has 0 bridgehead atoms. The quantitative estimate of drug-likeness (QED) is 0.770. The first-order valence-electron chi connectivity index (χ1n) is 6.29. The smallest absolute Gasteiger partial charge is 0.348 e. The Balaban J connectivity index is 1.91. The van der Waals surface area contributed by atoms with Crippen molar-refractivity contribution in [2.24, 2.45) is 5.41 Å². The summed E-state index contributed by atoms with van der Waals surface area (Å²) in [6.07, 6.45) is -2.95. The monoisotopic (exact) mass is 291 g/mol. The van der Waals surface area contributed by atoms with Gasteiger partial charge in [0.2, 0.25) is 5.91 Å². The van der Waals surface area contributed by atoms with E-state index in [0.717, 1.165) is 19.4 Å². The highest BCUT2D eigenvalue weighted by molar-refractivity contribution is 5.82. The van der Waals surface area contributed by atoms with E-state index in [0.29, 0.717) is 6.54 Å². The van der Waals surface area contributed by atoms with Crippen molar-refractivity contribution < 1.29 is 18.0 Å². The molecule has 20 heavy (non-hydrogen) atoms. The zero-order chi connectivity index (χ0) is 14.8. The first-order chi connectivity index (χ1) is 9.31. The molecule has 2 rings (SSSR count). The number of amides is 1. The number of rotatable bonds is 3. The maximum Gasteiger partial charge on any atom is 0.453 e. The Bertz CT molecular complexity index is 479. The van der Waals surface area contributed by atoms with E-state index in [9.17, 15) is 18.0 Å². The van der Waals surface area contributed by atoms with Gasteiger partial charge in [0, 0.05) is 6.54 Å². The topological polar surface area (TPSA) is 82.7 Å². The summed E-state index contributed by atoms with van der Waals surface area (Å²) < 4.78 is 36.9. The molecule has 9 heteroatoms. The molecule has 112 valence electrons. The van der Waals surface area contributed by atoms with Crippen LogP contribution in [0, 0.1) is 5.41 Å². The van der Waals surface area contributed by atoms with E-state index < -0.39 is 17.4 Å². The summed E-state index contributed by atoms with van der Waals surface area (Å²) in [7, 11) is 0. The van der Waals surface area contributed by atoms with Gasteiger partial charge in [-0.15, -0.1) is 5.10 Å². The molecule has 1 aromatic rings. The number of alkyl halides is 3. The summed E-state index contributed by atoms with van der Waals surface area (Å²) in [4.78, 5) is 15.4. The number of hydrogen-bond acceptors (Lipinski definition) is 4. The summed E-state index contributed by atoms with van der Waals surface area (Å²) >= 11 is 0. The molecule has 1 amide bonds. The lowest BCUT2D eigenvalue weighted by Gasteiger charge is -2.32. The van der Waals surface area contributed by atoms with Crippen LogP contribution in [0.15, 0.2) is 0 Å². The van der Waals surface area contributed by atoms with Crippen molar-refractivity contribution in [1.82, 2.24) is 25.8 Å². The van der Waals surface area contributed by atoms with Crippen LogP contribution in [-0.2, 0) is 17.5 Å². The minimum Gasteiger partial charge on any atom is -0.348 e. The van der Waals surface area contributed by atoms with Crippen LogP contribution in [0.25, 0.3) is 0 Å². The first-order valence-corrected chi connectivity index (χ1v) is 6.29. The third kappa shape index (κ3) is 3.27. The number of aromatic amines is 1. The van der Waals surface area contributed by atoms with Crippen LogP contribution in [0.2, 0.25) is 0 Å². The molecule has 0 aromatic carbocycles. The average molecular weight is 291 g/mol. The van der Waals surface area contributed by atoms with Crippen LogP contribution in [0.3, 0.4) is 0 Å². The highest BCUT2D eigenvalue weighted by Gasteiger charge is 2.37. The predicted molar refractivity (Wildman–Crippen MR) is 63.4 cm³/mol. The number of carbonyl (C=O) groups excluding carboxylic acids is 1. The molecule has 1 fully saturated rings. The van der Waals surface area contributed by atoms with Gasteiger partial charge in [-0.25, -0.2) is 4.98 Å². The summed E-state index contributed by atoms with van der Waals surface area (Å²) in [5.74, 6) is -1.44. The molecule has 0 aliphatic carbocycles. The minimum atomic E-state index is -4.59. The van der Waals surface area contributed by atoms with E-state index in [4.69, 9.17) is 0 Å². The first kappa shape index (κ1) is 14.8. The zero-order valence-electron chi connectivity index (χ0n) is 11.0. The van der Waals surface area contributed by atoms with Gasteiger partial charge in [-0.3, -0.25) is 9.89 Å². The molecule has 0 saturated carbocycles.